The van der Waals surface area contributed by atoms with E-state index < -0.39 is 0 Å². The molecule has 3 nitrogen and oxygen atoms in total. The van der Waals surface area contributed by atoms with Gasteiger partial charge in [-0.2, -0.15) is 0 Å². The number of methoxy groups -OCH3 is 1. The van der Waals surface area contributed by atoms with Gasteiger partial charge in [0, 0.05) is 32.2 Å². The van der Waals surface area contributed by atoms with Crippen molar-refractivity contribution in [1.29, 1.82) is 0 Å². The first-order valence-corrected chi connectivity index (χ1v) is 8.27. The van der Waals surface area contributed by atoms with E-state index in [0.717, 1.165) is 37.8 Å². The lowest BCUT2D eigenvalue weighted by molar-refractivity contribution is 0.159. The maximum Gasteiger partial charge on any atom is 0.137 e. The van der Waals surface area contributed by atoms with Gasteiger partial charge in [-0.15, -0.1) is 0 Å². The van der Waals surface area contributed by atoms with E-state index in [2.05, 4.69) is 36.2 Å². The molecule has 0 amide bonds. The molecule has 1 atom stereocenters. The van der Waals surface area contributed by atoms with Gasteiger partial charge < -0.3 is 10.1 Å². The van der Waals surface area contributed by atoms with Crippen molar-refractivity contribution in [3.8, 4) is 5.75 Å². The first-order valence-electron chi connectivity index (χ1n) is 7.90. The molecule has 0 spiro atoms. The van der Waals surface area contributed by atoms with Gasteiger partial charge in [0.05, 0.1) is 12.1 Å². The van der Waals surface area contributed by atoms with Crippen molar-refractivity contribution in [2.75, 3.05) is 33.3 Å². The lowest BCUT2D eigenvalue weighted by atomic mass is 9.95. The zero-order valence-electron chi connectivity index (χ0n) is 13.4. The van der Waals surface area contributed by atoms with Crippen LogP contribution in [0.3, 0.4) is 0 Å². The fourth-order valence-corrected chi connectivity index (χ4v) is 3.12. The van der Waals surface area contributed by atoms with E-state index in [0.29, 0.717) is 11.1 Å². The van der Waals surface area contributed by atoms with Crippen LogP contribution in [0.5, 0.6) is 5.75 Å². The van der Waals surface area contributed by atoms with Crippen molar-refractivity contribution in [1.82, 2.24) is 10.2 Å². The average Bonchev–Trinajstić information content (AvgIpc) is 2.49. The summed E-state index contributed by atoms with van der Waals surface area (Å²) in [6, 6.07) is 6.67. The van der Waals surface area contributed by atoms with E-state index >= 15 is 0 Å². The van der Waals surface area contributed by atoms with E-state index in [-0.39, 0.29) is 0 Å². The lowest BCUT2D eigenvalue weighted by Gasteiger charge is -2.36. The molecular weight excluding hydrogens is 284 g/mol. The fourth-order valence-electron chi connectivity index (χ4n) is 2.93. The highest BCUT2D eigenvalue weighted by Gasteiger charge is 2.23. The summed E-state index contributed by atoms with van der Waals surface area (Å²) in [6.07, 6.45) is 2.42. The van der Waals surface area contributed by atoms with Crippen LogP contribution in [0.15, 0.2) is 18.2 Å². The number of piperazine rings is 1. The van der Waals surface area contributed by atoms with E-state index in [4.69, 9.17) is 16.3 Å². The van der Waals surface area contributed by atoms with Crippen molar-refractivity contribution in [2.24, 2.45) is 5.92 Å². The highest BCUT2D eigenvalue weighted by Crippen LogP contribution is 2.33. The molecule has 1 fully saturated rings. The minimum atomic E-state index is 0.459. The predicted molar refractivity (Wildman–Crippen MR) is 89.3 cm³/mol. The highest BCUT2D eigenvalue weighted by molar-refractivity contribution is 6.32. The molecule has 0 unspecified atom stereocenters. The molecule has 0 radical (unpaired) electrons. The standard InChI is InChI=1S/C17H27ClN2O/c1-13(2)4-7-16(20-10-8-19-9-11-20)14-5-6-15(18)17(12-14)21-3/h5-6,12-13,16,19H,4,7-11H2,1-3H3/t16-/m1/s1. The summed E-state index contributed by atoms with van der Waals surface area (Å²) in [6.45, 7) is 8.93. The minimum absolute atomic E-state index is 0.459. The van der Waals surface area contributed by atoms with E-state index in [1.54, 1.807) is 7.11 Å². The van der Waals surface area contributed by atoms with Gasteiger partial charge in [-0.05, 0) is 36.5 Å². The molecular formula is C17H27ClN2O. The van der Waals surface area contributed by atoms with Crippen LogP contribution < -0.4 is 10.1 Å². The highest BCUT2D eigenvalue weighted by atomic mass is 35.5. The second-order valence-corrected chi connectivity index (χ2v) is 6.57. The topological polar surface area (TPSA) is 24.5 Å². The Kier molecular flexibility index (Phi) is 6.34. The minimum Gasteiger partial charge on any atom is -0.495 e. The number of rotatable bonds is 6. The Bertz CT molecular complexity index is 444. The number of hydrogen-bond donors (Lipinski definition) is 1. The van der Waals surface area contributed by atoms with Crippen LogP contribution in [0.4, 0.5) is 0 Å². The summed E-state index contributed by atoms with van der Waals surface area (Å²) in [5, 5.41) is 4.11. The van der Waals surface area contributed by atoms with Gasteiger partial charge in [0.15, 0.2) is 0 Å². The summed E-state index contributed by atoms with van der Waals surface area (Å²) >= 11 is 6.17. The molecule has 1 aliphatic rings. The lowest BCUT2D eigenvalue weighted by Crippen LogP contribution is -2.45. The van der Waals surface area contributed by atoms with Crippen molar-refractivity contribution >= 4 is 11.6 Å². The monoisotopic (exact) mass is 310 g/mol. The number of hydrogen-bond acceptors (Lipinski definition) is 3. The van der Waals surface area contributed by atoms with Crippen molar-refractivity contribution < 1.29 is 4.74 Å². The summed E-state index contributed by atoms with van der Waals surface area (Å²) in [7, 11) is 1.68. The maximum atomic E-state index is 6.17. The summed E-state index contributed by atoms with van der Waals surface area (Å²) in [5.74, 6) is 1.50. The van der Waals surface area contributed by atoms with Gasteiger partial charge in [-0.3, -0.25) is 4.90 Å². The third-order valence-corrected chi connectivity index (χ3v) is 4.48. The van der Waals surface area contributed by atoms with E-state index in [1.165, 1.54) is 18.4 Å². The molecule has 1 N–H and O–H groups in total. The van der Waals surface area contributed by atoms with E-state index in [1.807, 2.05) is 6.07 Å². The average molecular weight is 311 g/mol. The van der Waals surface area contributed by atoms with E-state index in [9.17, 15) is 0 Å². The molecule has 1 saturated heterocycles. The quantitative estimate of drug-likeness (QED) is 0.866. The Morgan fingerprint density at radius 1 is 1.24 bits per heavy atom. The second kappa shape index (κ2) is 8.02. The van der Waals surface area contributed by atoms with Crippen molar-refractivity contribution in [3.05, 3.63) is 28.8 Å². The molecule has 21 heavy (non-hydrogen) atoms. The third kappa shape index (κ3) is 4.60. The Hall–Kier alpha value is -0.770. The van der Waals surface area contributed by atoms with Crippen LogP contribution in [0.2, 0.25) is 5.02 Å². The van der Waals surface area contributed by atoms with Gasteiger partial charge in [0.25, 0.3) is 0 Å². The molecule has 1 heterocycles. The van der Waals surface area contributed by atoms with Crippen LogP contribution in [0.25, 0.3) is 0 Å². The summed E-state index contributed by atoms with van der Waals surface area (Å²) in [5.41, 5.74) is 1.32. The number of halogens is 1. The number of nitrogens with one attached hydrogen (secondary N) is 1. The molecule has 1 aliphatic heterocycles. The van der Waals surface area contributed by atoms with Crippen LogP contribution in [0, 0.1) is 5.92 Å². The Morgan fingerprint density at radius 2 is 1.95 bits per heavy atom. The summed E-state index contributed by atoms with van der Waals surface area (Å²) < 4.78 is 5.39. The van der Waals surface area contributed by atoms with Crippen LogP contribution >= 0.6 is 11.6 Å². The van der Waals surface area contributed by atoms with Crippen LogP contribution in [-0.4, -0.2) is 38.2 Å². The van der Waals surface area contributed by atoms with Crippen molar-refractivity contribution in [2.45, 2.75) is 32.7 Å². The number of nitrogens with zero attached hydrogens (tertiary/aromatic N) is 1. The number of ether oxygens (including phenoxy) is 1. The molecule has 1 aromatic carbocycles. The van der Waals surface area contributed by atoms with Gasteiger partial charge in [0.2, 0.25) is 0 Å². The maximum absolute atomic E-state index is 6.17. The first kappa shape index (κ1) is 16.6. The van der Waals surface area contributed by atoms with Gasteiger partial charge in [0.1, 0.15) is 5.75 Å². The molecule has 4 heteroatoms. The number of benzene rings is 1. The smallest absolute Gasteiger partial charge is 0.137 e. The molecule has 0 bridgehead atoms. The van der Waals surface area contributed by atoms with Crippen LogP contribution in [-0.2, 0) is 0 Å². The zero-order chi connectivity index (χ0) is 15.2. The second-order valence-electron chi connectivity index (χ2n) is 6.17. The third-order valence-electron chi connectivity index (χ3n) is 4.17. The van der Waals surface area contributed by atoms with Crippen LogP contribution in [0.1, 0.15) is 38.3 Å². The van der Waals surface area contributed by atoms with Gasteiger partial charge in [-0.25, -0.2) is 0 Å². The molecule has 0 saturated carbocycles. The zero-order valence-corrected chi connectivity index (χ0v) is 14.1. The Labute approximate surface area is 133 Å². The molecule has 1 aromatic rings. The summed E-state index contributed by atoms with van der Waals surface area (Å²) in [4.78, 5) is 2.58. The Balaban J connectivity index is 2.20. The van der Waals surface area contributed by atoms with Gasteiger partial charge >= 0.3 is 0 Å². The van der Waals surface area contributed by atoms with Crippen molar-refractivity contribution in [3.63, 3.8) is 0 Å². The normalized spacial score (nSPS) is 18.0. The largest absolute Gasteiger partial charge is 0.495 e. The predicted octanol–water partition coefficient (Wildman–Crippen LogP) is 3.73. The SMILES string of the molecule is COc1cc([C@@H](CCC(C)C)N2CCNCC2)ccc1Cl. The molecule has 0 aliphatic carbocycles. The van der Waals surface area contributed by atoms with Gasteiger partial charge in [-0.1, -0.05) is 31.5 Å². The molecule has 118 valence electrons. The molecule has 0 aromatic heterocycles. The first-order chi connectivity index (χ1) is 10.1. The molecule has 2 rings (SSSR count). The fraction of sp³-hybridized carbons (Fsp3) is 0.647. The Morgan fingerprint density at radius 3 is 2.57 bits per heavy atom.